The second-order valence-corrected chi connectivity index (χ2v) is 9.32. The van der Waals surface area contributed by atoms with Gasteiger partial charge in [0, 0.05) is 17.3 Å². The van der Waals surface area contributed by atoms with Gasteiger partial charge in [-0.05, 0) is 25.1 Å². The van der Waals surface area contributed by atoms with E-state index in [9.17, 15) is 18.0 Å². The number of nitrogens with one attached hydrogen (secondary N) is 1. The molecule has 1 amide bonds. The Hall–Kier alpha value is -1.91. The number of aromatic nitrogens is 1. The third kappa shape index (κ3) is 6.43. The summed E-state index contributed by atoms with van der Waals surface area (Å²) < 4.78 is 28.6. The van der Waals surface area contributed by atoms with Crippen LogP contribution in [-0.2, 0) is 30.6 Å². The Morgan fingerprint density at radius 2 is 2.12 bits per heavy atom. The zero-order chi connectivity index (χ0) is 19.2. The smallest absolute Gasteiger partial charge is 0.311 e. The number of sulfone groups is 1. The highest BCUT2D eigenvalue weighted by molar-refractivity contribution is 8.01. The van der Waals surface area contributed by atoms with Crippen molar-refractivity contribution in [1.82, 2.24) is 4.98 Å². The van der Waals surface area contributed by atoms with Gasteiger partial charge in [-0.3, -0.25) is 9.59 Å². The van der Waals surface area contributed by atoms with Crippen LogP contribution in [0.25, 0.3) is 0 Å². The van der Waals surface area contributed by atoms with E-state index < -0.39 is 9.84 Å². The summed E-state index contributed by atoms with van der Waals surface area (Å²) >= 11 is 2.59. The van der Waals surface area contributed by atoms with E-state index >= 15 is 0 Å². The number of hydrogen-bond acceptors (Lipinski definition) is 8. The molecule has 0 unspecified atom stereocenters. The maximum Gasteiger partial charge on any atom is 0.311 e. The molecule has 1 aromatic heterocycles. The number of carbonyl (C=O) groups is 2. The van der Waals surface area contributed by atoms with E-state index in [4.69, 9.17) is 4.74 Å². The Kier molecular flexibility index (Phi) is 7.18. The van der Waals surface area contributed by atoms with Crippen molar-refractivity contribution >= 4 is 50.5 Å². The number of thiazole rings is 1. The molecule has 1 N–H and O–H groups in total. The molecule has 0 aliphatic heterocycles. The monoisotopic (exact) mass is 414 g/mol. The van der Waals surface area contributed by atoms with Gasteiger partial charge in [-0.1, -0.05) is 17.8 Å². The number of esters is 1. The van der Waals surface area contributed by atoms with Crippen LogP contribution in [0.1, 0.15) is 12.6 Å². The average Bonchev–Trinajstić information content (AvgIpc) is 3.00. The SMILES string of the molecule is CCOC(=O)Cc1csc(SCC(=O)Nc2cccc(S(C)(=O)=O)c2)n1. The summed E-state index contributed by atoms with van der Waals surface area (Å²) in [5.74, 6) is -0.490. The van der Waals surface area contributed by atoms with Gasteiger partial charge in [0.15, 0.2) is 14.2 Å². The number of benzene rings is 1. The highest BCUT2D eigenvalue weighted by Crippen LogP contribution is 2.23. The van der Waals surface area contributed by atoms with Gasteiger partial charge in [-0.25, -0.2) is 13.4 Å². The summed E-state index contributed by atoms with van der Waals surface area (Å²) in [5.41, 5.74) is 1.03. The first-order valence-corrected chi connectivity index (χ1v) is 11.4. The summed E-state index contributed by atoms with van der Waals surface area (Å²) in [7, 11) is -3.33. The number of amides is 1. The van der Waals surface area contributed by atoms with Gasteiger partial charge in [-0.15, -0.1) is 11.3 Å². The third-order valence-electron chi connectivity index (χ3n) is 3.03. The maximum absolute atomic E-state index is 12.0. The van der Waals surface area contributed by atoms with Crippen molar-refractivity contribution in [2.45, 2.75) is 22.6 Å². The molecule has 0 atom stereocenters. The van der Waals surface area contributed by atoms with Crippen molar-refractivity contribution in [3.8, 4) is 0 Å². The molecule has 140 valence electrons. The molecule has 2 rings (SSSR count). The topological polar surface area (TPSA) is 102 Å². The largest absolute Gasteiger partial charge is 0.466 e. The summed E-state index contributed by atoms with van der Waals surface area (Å²) in [6.45, 7) is 2.07. The van der Waals surface area contributed by atoms with Gasteiger partial charge in [0.05, 0.1) is 29.4 Å². The van der Waals surface area contributed by atoms with Crippen molar-refractivity contribution in [1.29, 1.82) is 0 Å². The molecule has 10 heteroatoms. The highest BCUT2D eigenvalue weighted by Gasteiger charge is 2.12. The Bertz CT molecular complexity index is 893. The molecule has 0 aliphatic rings. The van der Waals surface area contributed by atoms with Gasteiger partial charge in [-0.2, -0.15) is 0 Å². The molecule has 0 saturated carbocycles. The van der Waals surface area contributed by atoms with Crippen LogP contribution in [0.5, 0.6) is 0 Å². The zero-order valence-electron chi connectivity index (χ0n) is 14.2. The van der Waals surface area contributed by atoms with E-state index in [0.717, 1.165) is 6.26 Å². The number of nitrogens with zero attached hydrogens (tertiary/aromatic N) is 1. The lowest BCUT2D eigenvalue weighted by molar-refractivity contribution is -0.142. The Morgan fingerprint density at radius 1 is 1.35 bits per heavy atom. The first kappa shape index (κ1) is 20.4. The number of rotatable bonds is 8. The summed E-state index contributed by atoms with van der Waals surface area (Å²) in [4.78, 5) is 27.9. The molecule has 0 bridgehead atoms. The fourth-order valence-corrected chi connectivity index (χ4v) is 4.24. The lowest BCUT2D eigenvalue weighted by Gasteiger charge is -2.06. The maximum atomic E-state index is 12.0. The van der Waals surface area contributed by atoms with Gasteiger partial charge in [0.2, 0.25) is 5.91 Å². The lowest BCUT2D eigenvalue weighted by Crippen LogP contribution is -2.14. The standard InChI is InChI=1S/C16H18N2O5S3/c1-3-23-15(20)8-12-9-24-16(18-12)25-10-14(19)17-11-5-4-6-13(7-11)26(2,21)22/h4-7,9H,3,8,10H2,1-2H3,(H,17,19). The number of anilines is 1. The second kappa shape index (κ2) is 9.15. The van der Waals surface area contributed by atoms with Crippen molar-refractivity contribution in [2.75, 3.05) is 23.9 Å². The van der Waals surface area contributed by atoms with E-state index in [1.165, 1.54) is 35.2 Å². The van der Waals surface area contributed by atoms with E-state index in [2.05, 4.69) is 10.3 Å². The van der Waals surface area contributed by atoms with Crippen molar-refractivity contribution < 1.29 is 22.7 Å². The molecular weight excluding hydrogens is 396 g/mol. The van der Waals surface area contributed by atoms with Gasteiger partial charge in [0.25, 0.3) is 0 Å². The Balaban J connectivity index is 1.88. The Labute approximate surface area is 160 Å². The fraction of sp³-hybridized carbons (Fsp3) is 0.312. The predicted octanol–water partition coefficient (Wildman–Crippen LogP) is 2.38. The third-order valence-corrected chi connectivity index (χ3v) is 6.21. The minimum Gasteiger partial charge on any atom is -0.466 e. The van der Waals surface area contributed by atoms with E-state index in [1.807, 2.05) is 0 Å². The minimum atomic E-state index is -3.33. The number of thioether (sulfide) groups is 1. The normalized spacial score (nSPS) is 11.2. The number of hydrogen-bond donors (Lipinski definition) is 1. The molecule has 1 heterocycles. The Morgan fingerprint density at radius 3 is 2.81 bits per heavy atom. The highest BCUT2D eigenvalue weighted by atomic mass is 32.2. The predicted molar refractivity (Wildman–Crippen MR) is 101 cm³/mol. The van der Waals surface area contributed by atoms with E-state index in [0.29, 0.717) is 22.3 Å². The first-order chi connectivity index (χ1) is 12.3. The summed E-state index contributed by atoms with van der Waals surface area (Å²) in [5, 5.41) is 4.42. The summed E-state index contributed by atoms with van der Waals surface area (Å²) in [6, 6.07) is 6.08. The van der Waals surface area contributed by atoms with Crippen LogP contribution in [0.2, 0.25) is 0 Å². The molecule has 1 aromatic carbocycles. The van der Waals surface area contributed by atoms with Crippen LogP contribution >= 0.6 is 23.1 Å². The molecule has 0 aliphatic carbocycles. The molecule has 2 aromatic rings. The van der Waals surface area contributed by atoms with Crippen molar-refractivity contribution in [3.63, 3.8) is 0 Å². The van der Waals surface area contributed by atoms with Gasteiger partial charge >= 0.3 is 5.97 Å². The molecule has 0 radical (unpaired) electrons. The van der Waals surface area contributed by atoms with Crippen molar-refractivity contribution in [2.24, 2.45) is 0 Å². The molecule has 7 nitrogen and oxygen atoms in total. The second-order valence-electron chi connectivity index (χ2n) is 5.22. The van der Waals surface area contributed by atoms with Crippen LogP contribution in [0.15, 0.2) is 38.9 Å². The van der Waals surface area contributed by atoms with E-state index in [1.54, 1.807) is 24.4 Å². The summed E-state index contributed by atoms with van der Waals surface area (Å²) in [6.07, 6.45) is 1.22. The number of carbonyl (C=O) groups excluding carboxylic acids is 2. The van der Waals surface area contributed by atoms with Crippen LogP contribution in [0.3, 0.4) is 0 Å². The van der Waals surface area contributed by atoms with Gasteiger partial charge < -0.3 is 10.1 Å². The zero-order valence-corrected chi connectivity index (χ0v) is 16.7. The molecule has 0 saturated heterocycles. The quantitative estimate of drug-likeness (QED) is 0.522. The minimum absolute atomic E-state index is 0.107. The number of ether oxygens (including phenoxy) is 1. The van der Waals surface area contributed by atoms with Gasteiger partial charge in [0.1, 0.15) is 0 Å². The molecule has 0 fully saturated rings. The van der Waals surface area contributed by atoms with Crippen LogP contribution < -0.4 is 5.32 Å². The fourth-order valence-electron chi connectivity index (χ4n) is 1.92. The van der Waals surface area contributed by atoms with Crippen LogP contribution in [-0.4, -0.2) is 43.9 Å². The average molecular weight is 415 g/mol. The van der Waals surface area contributed by atoms with E-state index in [-0.39, 0.29) is 28.9 Å². The molecule has 0 spiro atoms. The molecule has 26 heavy (non-hydrogen) atoms. The first-order valence-electron chi connectivity index (χ1n) is 7.60. The van der Waals surface area contributed by atoms with Crippen LogP contribution in [0.4, 0.5) is 5.69 Å². The lowest BCUT2D eigenvalue weighted by atomic mass is 10.3. The van der Waals surface area contributed by atoms with Crippen LogP contribution in [0, 0.1) is 0 Å². The van der Waals surface area contributed by atoms with Crippen molar-refractivity contribution in [3.05, 3.63) is 35.3 Å². The molecular formula is C16H18N2O5S3.